The van der Waals surface area contributed by atoms with Crippen molar-refractivity contribution in [3.8, 4) is 0 Å². The van der Waals surface area contributed by atoms with Gasteiger partial charge < -0.3 is 9.84 Å². The quantitative estimate of drug-likeness (QED) is 0.601. The molecule has 1 aromatic carbocycles. The third-order valence-electron chi connectivity index (χ3n) is 2.21. The molecule has 0 spiro atoms. The van der Waals surface area contributed by atoms with E-state index in [2.05, 4.69) is 11.3 Å². The molecule has 0 aliphatic heterocycles. The lowest BCUT2D eigenvalue weighted by atomic mass is 9.90. The Morgan fingerprint density at radius 1 is 1.53 bits per heavy atom. The van der Waals surface area contributed by atoms with Crippen LogP contribution in [0, 0.1) is 0 Å². The van der Waals surface area contributed by atoms with Gasteiger partial charge in [0.1, 0.15) is 0 Å². The van der Waals surface area contributed by atoms with Crippen LogP contribution in [0.2, 0.25) is 0 Å². The molecule has 0 radical (unpaired) electrons. The number of carbonyl (C=O) groups is 1. The minimum absolute atomic E-state index is 0.129. The number of esters is 1. The maximum absolute atomic E-state index is 11.5. The second-order valence-electron chi connectivity index (χ2n) is 3.21. The predicted octanol–water partition coefficient (Wildman–Crippen LogP) is 1.62. The van der Waals surface area contributed by atoms with E-state index in [4.69, 9.17) is 0 Å². The van der Waals surface area contributed by atoms with E-state index in [-0.39, 0.29) is 6.42 Å². The fourth-order valence-corrected chi connectivity index (χ4v) is 1.41. The van der Waals surface area contributed by atoms with Crippen molar-refractivity contribution in [3.63, 3.8) is 0 Å². The SMILES string of the molecule is C=CC[C@@](O)(C(=O)OC)c1ccccc1. The van der Waals surface area contributed by atoms with Gasteiger partial charge in [0.05, 0.1) is 7.11 Å². The topological polar surface area (TPSA) is 46.5 Å². The van der Waals surface area contributed by atoms with E-state index in [0.717, 1.165) is 0 Å². The molecule has 0 heterocycles. The van der Waals surface area contributed by atoms with Crippen LogP contribution in [-0.4, -0.2) is 18.2 Å². The van der Waals surface area contributed by atoms with E-state index < -0.39 is 11.6 Å². The fourth-order valence-electron chi connectivity index (χ4n) is 1.41. The molecule has 0 amide bonds. The average Bonchev–Trinajstić information content (AvgIpc) is 2.29. The minimum Gasteiger partial charge on any atom is -0.467 e. The van der Waals surface area contributed by atoms with Crippen LogP contribution >= 0.6 is 0 Å². The summed E-state index contributed by atoms with van der Waals surface area (Å²) in [5.74, 6) is -0.673. The molecule has 0 aromatic heterocycles. The van der Waals surface area contributed by atoms with Crippen LogP contribution in [0.5, 0.6) is 0 Å². The zero-order chi connectivity index (χ0) is 11.3. The van der Waals surface area contributed by atoms with Crippen molar-refractivity contribution in [1.29, 1.82) is 0 Å². The van der Waals surface area contributed by atoms with E-state index >= 15 is 0 Å². The summed E-state index contributed by atoms with van der Waals surface area (Å²) in [7, 11) is 1.25. The van der Waals surface area contributed by atoms with Gasteiger partial charge in [-0.3, -0.25) is 0 Å². The molecular formula is C12H14O3. The van der Waals surface area contributed by atoms with Crippen LogP contribution in [0.3, 0.4) is 0 Å². The first kappa shape index (κ1) is 11.5. The number of methoxy groups -OCH3 is 1. The monoisotopic (exact) mass is 206 g/mol. The van der Waals surface area contributed by atoms with Crippen molar-refractivity contribution in [2.24, 2.45) is 0 Å². The second-order valence-corrected chi connectivity index (χ2v) is 3.21. The van der Waals surface area contributed by atoms with Crippen molar-refractivity contribution in [2.45, 2.75) is 12.0 Å². The molecule has 0 aliphatic rings. The van der Waals surface area contributed by atoms with Crippen LogP contribution in [0.4, 0.5) is 0 Å². The minimum atomic E-state index is -1.63. The Bertz CT molecular complexity index is 345. The molecule has 1 atom stereocenters. The molecule has 1 aromatic rings. The lowest BCUT2D eigenvalue weighted by molar-refractivity contribution is -0.163. The second kappa shape index (κ2) is 4.75. The number of aliphatic hydroxyl groups is 1. The van der Waals surface area contributed by atoms with Crippen LogP contribution in [0.15, 0.2) is 43.0 Å². The third-order valence-corrected chi connectivity index (χ3v) is 2.21. The van der Waals surface area contributed by atoms with E-state index in [1.54, 1.807) is 24.3 Å². The Hall–Kier alpha value is -1.61. The number of carbonyl (C=O) groups excluding carboxylic acids is 1. The maximum Gasteiger partial charge on any atom is 0.342 e. The molecule has 0 bridgehead atoms. The summed E-state index contributed by atoms with van der Waals surface area (Å²) in [4.78, 5) is 11.5. The first-order valence-electron chi connectivity index (χ1n) is 4.62. The summed E-state index contributed by atoms with van der Waals surface area (Å²) < 4.78 is 4.59. The molecule has 0 fully saturated rings. The van der Waals surface area contributed by atoms with Gasteiger partial charge in [-0.15, -0.1) is 6.58 Å². The van der Waals surface area contributed by atoms with Crippen molar-refractivity contribution in [3.05, 3.63) is 48.6 Å². The Balaban J connectivity index is 3.12. The van der Waals surface area contributed by atoms with Gasteiger partial charge in [-0.1, -0.05) is 36.4 Å². The van der Waals surface area contributed by atoms with Gasteiger partial charge >= 0.3 is 5.97 Å². The highest BCUT2D eigenvalue weighted by Crippen LogP contribution is 2.26. The summed E-state index contributed by atoms with van der Waals surface area (Å²) >= 11 is 0. The largest absolute Gasteiger partial charge is 0.467 e. The van der Waals surface area contributed by atoms with Gasteiger partial charge in [0.25, 0.3) is 0 Å². The standard InChI is InChI=1S/C12H14O3/c1-3-9-12(14,11(13)15-2)10-7-5-4-6-8-10/h3-8,14H,1,9H2,2H3/t12-/m0/s1. The smallest absolute Gasteiger partial charge is 0.342 e. The highest BCUT2D eigenvalue weighted by Gasteiger charge is 2.37. The summed E-state index contributed by atoms with van der Waals surface area (Å²) in [6, 6.07) is 8.69. The molecule has 0 saturated carbocycles. The summed E-state index contributed by atoms with van der Waals surface area (Å²) in [6.07, 6.45) is 1.62. The van der Waals surface area contributed by atoms with Gasteiger partial charge in [0.2, 0.25) is 0 Å². The molecule has 1 N–H and O–H groups in total. The molecule has 0 saturated heterocycles. The molecule has 1 rings (SSSR count). The lowest BCUT2D eigenvalue weighted by Gasteiger charge is -2.24. The normalized spacial score (nSPS) is 14.0. The van der Waals surface area contributed by atoms with E-state index in [0.29, 0.717) is 5.56 Å². The number of hydrogen-bond donors (Lipinski definition) is 1. The Labute approximate surface area is 89.0 Å². The first-order chi connectivity index (χ1) is 7.15. The summed E-state index contributed by atoms with van der Waals surface area (Å²) in [5.41, 5.74) is -1.12. The van der Waals surface area contributed by atoms with E-state index in [1.165, 1.54) is 13.2 Å². The van der Waals surface area contributed by atoms with Gasteiger partial charge in [0, 0.05) is 6.42 Å². The fraction of sp³-hybridized carbons (Fsp3) is 0.250. The van der Waals surface area contributed by atoms with Crippen LogP contribution in [0.1, 0.15) is 12.0 Å². The number of ether oxygens (including phenoxy) is 1. The zero-order valence-electron chi connectivity index (χ0n) is 8.64. The molecule has 0 aliphatic carbocycles. The molecule has 0 unspecified atom stereocenters. The van der Waals surface area contributed by atoms with Crippen molar-refractivity contribution in [1.82, 2.24) is 0 Å². The molecular weight excluding hydrogens is 192 g/mol. The molecule has 15 heavy (non-hydrogen) atoms. The van der Waals surface area contributed by atoms with Gasteiger partial charge in [-0.2, -0.15) is 0 Å². The van der Waals surface area contributed by atoms with Crippen LogP contribution in [-0.2, 0) is 15.1 Å². The molecule has 3 nitrogen and oxygen atoms in total. The highest BCUT2D eigenvalue weighted by molar-refractivity contribution is 5.81. The van der Waals surface area contributed by atoms with E-state index in [9.17, 15) is 9.90 Å². The maximum atomic E-state index is 11.5. The van der Waals surface area contributed by atoms with Gasteiger partial charge in [-0.05, 0) is 5.56 Å². The van der Waals surface area contributed by atoms with Crippen LogP contribution < -0.4 is 0 Å². The average molecular weight is 206 g/mol. The van der Waals surface area contributed by atoms with Crippen molar-refractivity contribution in [2.75, 3.05) is 7.11 Å². The summed E-state index contributed by atoms with van der Waals surface area (Å²) in [5, 5.41) is 10.2. The number of hydrogen-bond acceptors (Lipinski definition) is 3. The first-order valence-corrected chi connectivity index (χ1v) is 4.62. The summed E-state index contributed by atoms with van der Waals surface area (Å²) in [6.45, 7) is 3.52. The predicted molar refractivity (Wildman–Crippen MR) is 57.2 cm³/mol. The number of rotatable bonds is 4. The van der Waals surface area contributed by atoms with E-state index in [1.807, 2.05) is 6.07 Å². The lowest BCUT2D eigenvalue weighted by Crippen LogP contribution is -2.36. The zero-order valence-corrected chi connectivity index (χ0v) is 8.64. The van der Waals surface area contributed by atoms with Crippen LogP contribution in [0.25, 0.3) is 0 Å². The third kappa shape index (κ3) is 2.25. The van der Waals surface area contributed by atoms with Crippen molar-refractivity contribution < 1.29 is 14.6 Å². The van der Waals surface area contributed by atoms with Gasteiger partial charge in [-0.25, -0.2) is 4.79 Å². The molecule has 3 heteroatoms. The Morgan fingerprint density at radius 2 is 2.13 bits per heavy atom. The highest BCUT2D eigenvalue weighted by atomic mass is 16.5. The Kier molecular flexibility index (Phi) is 3.63. The van der Waals surface area contributed by atoms with Crippen molar-refractivity contribution >= 4 is 5.97 Å². The molecule has 80 valence electrons. The Morgan fingerprint density at radius 3 is 2.60 bits per heavy atom. The van der Waals surface area contributed by atoms with Gasteiger partial charge in [0.15, 0.2) is 5.60 Å². The number of benzene rings is 1.